The summed E-state index contributed by atoms with van der Waals surface area (Å²) in [5.41, 5.74) is 7.46. The zero-order valence-electron chi connectivity index (χ0n) is 21.1. The summed E-state index contributed by atoms with van der Waals surface area (Å²) < 4.78 is 6.09. The summed E-state index contributed by atoms with van der Waals surface area (Å²) in [6.07, 6.45) is 8.14. The normalized spacial score (nSPS) is 21.4. The SMILES string of the molecule is N#C[C@@H]1CCCN1C(=O)CNC(=O)c1ccnc2c1CC(OCCCN1CCN(C(=O)CN)CC1)C=C2. The maximum atomic E-state index is 12.9. The number of ether oxygens (including phenoxy) is 1. The van der Waals surface area contributed by atoms with Gasteiger partial charge in [0.15, 0.2) is 0 Å². The van der Waals surface area contributed by atoms with E-state index in [9.17, 15) is 19.6 Å². The van der Waals surface area contributed by atoms with Crippen LogP contribution in [0, 0.1) is 11.3 Å². The Kier molecular flexibility index (Phi) is 9.22. The number of hydrogen-bond acceptors (Lipinski definition) is 8. The van der Waals surface area contributed by atoms with Gasteiger partial charge in [0.05, 0.1) is 31.0 Å². The molecule has 3 N–H and O–H groups in total. The van der Waals surface area contributed by atoms with Gasteiger partial charge in [-0.05, 0) is 37.0 Å². The quantitative estimate of drug-likeness (QED) is 0.435. The lowest BCUT2D eigenvalue weighted by Gasteiger charge is -2.34. The Morgan fingerprint density at radius 1 is 1.19 bits per heavy atom. The molecular formula is C26H35N7O4. The number of nitriles is 1. The van der Waals surface area contributed by atoms with Gasteiger partial charge in [-0.1, -0.05) is 6.08 Å². The molecule has 198 valence electrons. The van der Waals surface area contributed by atoms with E-state index in [0.29, 0.717) is 44.6 Å². The average molecular weight is 510 g/mol. The first-order valence-corrected chi connectivity index (χ1v) is 12.9. The summed E-state index contributed by atoms with van der Waals surface area (Å²) in [6.45, 7) is 5.03. The minimum atomic E-state index is -0.411. The fourth-order valence-electron chi connectivity index (χ4n) is 5.09. The molecule has 1 aromatic rings. The number of carbonyl (C=O) groups is 3. The van der Waals surface area contributed by atoms with Crippen molar-refractivity contribution in [3.05, 3.63) is 35.2 Å². The first kappa shape index (κ1) is 26.7. The average Bonchev–Trinajstić information content (AvgIpc) is 3.42. The van der Waals surface area contributed by atoms with Crippen LogP contribution >= 0.6 is 0 Å². The van der Waals surface area contributed by atoms with Crippen LogP contribution in [0.4, 0.5) is 0 Å². The molecule has 3 heterocycles. The third-order valence-corrected chi connectivity index (χ3v) is 7.18. The zero-order valence-corrected chi connectivity index (χ0v) is 21.1. The molecule has 11 heteroatoms. The Morgan fingerprint density at radius 2 is 2.00 bits per heavy atom. The monoisotopic (exact) mass is 509 g/mol. The van der Waals surface area contributed by atoms with Crippen molar-refractivity contribution in [2.75, 3.05) is 59.0 Å². The van der Waals surface area contributed by atoms with Gasteiger partial charge >= 0.3 is 0 Å². The second-order valence-electron chi connectivity index (χ2n) is 9.53. The molecule has 3 amide bonds. The van der Waals surface area contributed by atoms with E-state index in [1.807, 2.05) is 17.1 Å². The molecule has 2 fully saturated rings. The Balaban J connectivity index is 1.23. The van der Waals surface area contributed by atoms with Crippen molar-refractivity contribution in [2.24, 2.45) is 5.73 Å². The summed E-state index contributed by atoms with van der Waals surface area (Å²) in [4.78, 5) is 47.2. The predicted octanol–water partition coefficient (Wildman–Crippen LogP) is -0.227. The fourth-order valence-corrected chi connectivity index (χ4v) is 5.09. The van der Waals surface area contributed by atoms with Gasteiger partial charge in [0.1, 0.15) is 6.04 Å². The van der Waals surface area contributed by atoms with E-state index in [-0.39, 0.29) is 36.9 Å². The number of piperazine rings is 1. The van der Waals surface area contributed by atoms with Crippen molar-refractivity contribution in [3.8, 4) is 6.07 Å². The maximum Gasteiger partial charge on any atom is 0.252 e. The maximum absolute atomic E-state index is 12.9. The highest BCUT2D eigenvalue weighted by molar-refractivity contribution is 5.98. The molecule has 1 aliphatic carbocycles. The van der Waals surface area contributed by atoms with Gasteiger partial charge in [-0.2, -0.15) is 5.26 Å². The van der Waals surface area contributed by atoms with Crippen LogP contribution in [-0.4, -0.2) is 109 Å². The molecule has 2 aliphatic heterocycles. The van der Waals surface area contributed by atoms with Gasteiger partial charge in [-0.25, -0.2) is 0 Å². The smallest absolute Gasteiger partial charge is 0.252 e. The number of carbonyl (C=O) groups excluding carboxylic acids is 3. The topological polar surface area (TPSA) is 145 Å². The molecule has 0 spiro atoms. The number of likely N-dealkylation sites (tertiary alicyclic amines) is 1. The molecule has 0 aromatic carbocycles. The van der Waals surface area contributed by atoms with E-state index in [4.69, 9.17) is 10.5 Å². The van der Waals surface area contributed by atoms with Crippen LogP contribution in [0.2, 0.25) is 0 Å². The summed E-state index contributed by atoms with van der Waals surface area (Å²) in [7, 11) is 0. The molecule has 1 unspecified atom stereocenters. The first-order valence-electron chi connectivity index (χ1n) is 12.9. The van der Waals surface area contributed by atoms with E-state index < -0.39 is 6.04 Å². The lowest BCUT2D eigenvalue weighted by molar-refractivity contribution is -0.131. The molecule has 2 saturated heterocycles. The number of hydrogen-bond donors (Lipinski definition) is 2. The van der Waals surface area contributed by atoms with Gasteiger partial charge in [-0.15, -0.1) is 0 Å². The fraction of sp³-hybridized carbons (Fsp3) is 0.577. The van der Waals surface area contributed by atoms with Crippen LogP contribution in [0.3, 0.4) is 0 Å². The molecule has 1 aromatic heterocycles. The lowest BCUT2D eigenvalue weighted by atomic mass is 9.95. The minimum absolute atomic E-state index is 0.000665. The summed E-state index contributed by atoms with van der Waals surface area (Å²) in [5.74, 6) is -0.574. The summed E-state index contributed by atoms with van der Waals surface area (Å²) >= 11 is 0. The van der Waals surface area contributed by atoms with Crippen LogP contribution < -0.4 is 11.1 Å². The number of nitrogens with zero attached hydrogens (tertiary/aromatic N) is 5. The van der Waals surface area contributed by atoms with Crippen LogP contribution in [0.5, 0.6) is 0 Å². The zero-order chi connectivity index (χ0) is 26.2. The van der Waals surface area contributed by atoms with Crippen molar-refractivity contribution < 1.29 is 19.1 Å². The van der Waals surface area contributed by atoms with Crippen LogP contribution in [0.15, 0.2) is 18.3 Å². The molecule has 0 bridgehead atoms. The van der Waals surface area contributed by atoms with E-state index in [1.54, 1.807) is 12.3 Å². The van der Waals surface area contributed by atoms with Gasteiger partial charge in [0.25, 0.3) is 5.91 Å². The Labute approximate surface area is 217 Å². The van der Waals surface area contributed by atoms with Crippen LogP contribution in [0.25, 0.3) is 6.08 Å². The number of pyridine rings is 1. The molecular weight excluding hydrogens is 474 g/mol. The van der Waals surface area contributed by atoms with Crippen molar-refractivity contribution in [1.29, 1.82) is 5.26 Å². The molecule has 0 saturated carbocycles. The highest BCUT2D eigenvalue weighted by Gasteiger charge is 2.29. The highest BCUT2D eigenvalue weighted by atomic mass is 16.5. The van der Waals surface area contributed by atoms with Gasteiger partial charge in [0, 0.05) is 64.1 Å². The van der Waals surface area contributed by atoms with Gasteiger partial charge in [-0.3, -0.25) is 24.3 Å². The second-order valence-corrected chi connectivity index (χ2v) is 9.53. The number of nitrogens with two attached hydrogens (primary N) is 1. The Hall–Kier alpha value is -3.33. The second kappa shape index (κ2) is 12.8. The molecule has 4 rings (SSSR count). The largest absolute Gasteiger partial charge is 0.374 e. The molecule has 11 nitrogen and oxygen atoms in total. The van der Waals surface area contributed by atoms with Gasteiger partial charge in [0.2, 0.25) is 11.8 Å². The predicted molar refractivity (Wildman–Crippen MR) is 136 cm³/mol. The molecule has 3 aliphatic rings. The van der Waals surface area contributed by atoms with Crippen molar-refractivity contribution >= 4 is 23.8 Å². The number of fused-ring (bicyclic) bond motifs is 1. The third-order valence-electron chi connectivity index (χ3n) is 7.18. The minimum Gasteiger partial charge on any atom is -0.374 e. The lowest BCUT2D eigenvalue weighted by Crippen LogP contribution is -2.50. The highest BCUT2D eigenvalue weighted by Crippen LogP contribution is 2.23. The van der Waals surface area contributed by atoms with Crippen molar-refractivity contribution in [1.82, 2.24) is 25.0 Å². The Bertz CT molecular complexity index is 1060. The standard InChI is InChI=1S/C26H35N7O4/c27-16-19-3-1-9-33(19)25(35)18-30-26(36)21-6-7-29-23-5-4-20(15-22(21)23)37-14-2-8-31-10-12-32(13-11-31)24(34)17-28/h4-7,19-20H,1-3,8-15,17-18,28H2,(H,30,36)/t19-,20?/m0/s1. The first-order chi connectivity index (χ1) is 18.0. The van der Waals surface area contributed by atoms with E-state index in [0.717, 1.165) is 43.7 Å². The van der Waals surface area contributed by atoms with E-state index >= 15 is 0 Å². The molecule has 2 atom stereocenters. The molecule has 37 heavy (non-hydrogen) atoms. The van der Waals surface area contributed by atoms with E-state index in [2.05, 4.69) is 21.3 Å². The van der Waals surface area contributed by atoms with Crippen molar-refractivity contribution in [3.63, 3.8) is 0 Å². The van der Waals surface area contributed by atoms with Crippen LogP contribution in [-0.2, 0) is 20.7 Å². The van der Waals surface area contributed by atoms with Crippen LogP contribution in [0.1, 0.15) is 40.9 Å². The molecule has 0 radical (unpaired) electrons. The number of rotatable bonds is 9. The number of aromatic nitrogens is 1. The Morgan fingerprint density at radius 3 is 2.76 bits per heavy atom. The third kappa shape index (κ3) is 6.71. The van der Waals surface area contributed by atoms with Gasteiger partial charge < -0.3 is 25.6 Å². The van der Waals surface area contributed by atoms with Crippen molar-refractivity contribution in [2.45, 2.75) is 37.8 Å². The number of amides is 3. The number of nitrogens with one attached hydrogen (secondary N) is 1. The summed E-state index contributed by atoms with van der Waals surface area (Å²) in [6, 6.07) is 3.40. The van der Waals surface area contributed by atoms with E-state index in [1.165, 1.54) is 4.90 Å². The summed E-state index contributed by atoms with van der Waals surface area (Å²) in [5, 5.41) is 11.9.